The smallest absolute Gasteiger partial charge is 0.223 e. The lowest BCUT2D eigenvalue weighted by Crippen LogP contribution is -2.32. The van der Waals surface area contributed by atoms with Crippen LogP contribution in [0.5, 0.6) is 0 Å². The van der Waals surface area contributed by atoms with Crippen LogP contribution in [0.1, 0.15) is 50.1 Å². The molecular formula is C18H25BrN2O. The number of piperidine rings is 1. The van der Waals surface area contributed by atoms with Gasteiger partial charge in [0.05, 0.1) is 6.04 Å². The van der Waals surface area contributed by atoms with Crippen LogP contribution in [0.4, 0.5) is 0 Å². The molecule has 2 aliphatic rings. The average Bonchev–Trinajstić information content (AvgIpc) is 3.04. The molecule has 0 bridgehead atoms. The maximum Gasteiger partial charge on any atom is 0.223 e. The Morgan fingerprint density at radius 2 is 1.91 bits per heavy atom. The second-order valence-corrected chi connectivity index (χ2v) is 7.44. The molecule has 0 aliphatic carbocycles. The molecular weight excluding hydrogens is 340 g/mol. The third-order valence-corrected chi connectivity index (χ3v) is 5.58. The number of halogens is 1. The Balaban J connectivity index is 1.57. The second kappa shape index (κ2) is 7.60. The molecule has 0 radical (unpaired) electrons. The Bertz CT molecular complexity index is 496. The zero-order chi connectivity index (χ0) is 15.4. The van der Waals surface area contributed by atoms with Crippen molar-refractivity contribution in [1.29, 1.82) is 0 Å². The van der Waals surface area contributed by atoms with Gasteiger partial charge in [0.25, 0.3) is 0 Å². The number of amides is 1. The van der Waals surface area contributed by atoms with E-state index in [1.54, 1.807) is 0 Å². The summed E-state index contributed by atoms with van der Waals surface area (Å²) in [5, 5.41) is 3.39. The summed E-state index contributed by atoms with van der Waals surface area (Å²) in [5.41, 5.74) is 1.27. The van der Waals surface area contributed by atoms with Gasteiger partial charge >= 0.3 is 0 Å². The maximum absolute atomic E-state index is 12.6. The van der Waals surface area contributed by atoms with Crippen LogP contribution in [-0.2, 0) is 4.79 Å². The van der Waals surface area contributed by atoms with E-state index >= 15 is 0 Å². The third-order valence-electron chi connectivity index (χ3n) is 5.05. The Hall–Kier alpha value is -0.870. The van der Waals surface area contributed by atoms with E-state index in [2.05, 4.69) is 50.4 Å². The summed E-state index contributed by atoms with van der Waals surface area (Å²) in [7, 11) is 0. The van der Waals surface area contributed by atoms with Crippen LogP contribution in [0, 0.1) is 5.92 Å². The first-order valence-corrected chi connectivity index (χ1v) is 9.29. The highest BCUT2D eigenvalue weighted by molar-refractivity contribution is 9.10. The molecule has 2 saturated heterocycles. The topological polar surface area (TPSA) is 32.3 Å². The molecule has 1 aromatic rings. The lowest BCUT2D eigenvalue weighted by atomic mass is 9.93. The number of nitrogens with one attached hydrogen (secondary N) is 1. The van der Waals surface area contributed by atoms with E-state index < -0.39 is 0 Å². The van der Waals surface area contributed by atoms with Gasteiger partial charge in [0.2, 0.25) is 5.91 Å². The van der Waals surface area contributed by atoms with Gasteiger partial charge in [-0.05, 0) is 68.8 Å². The van der Waals surface area contributed by atoms with Crippen LogP contribution >= 0.6 is 15.9 Å². The van der Waals surface area contributed by atoms with Crippen LogP contribution in [0.15, 0.2) is 28.7 Å². The monoisotopic (exact) mass is 364 g/mol. The molecule has 2 aliphatic heterocycles. The highest BCUT2D eigenvalue weighted by atomic mass is 79.9. The Kier molecular flexibility index (Phi) is 5.53. The van der Waals surface area contributed by atoms with Crippen molar-refractivity contribution in [3.05, 3.63) is 34.3 Å². The summed E-state index contributed by atoms with van der Waals surface area (Å²) in [6.45, 7) is 3.15. The van der Waals surface area contributed by atoms with Gasteiger partial charge < -0.3 is 10.2 Å². The number of carbonyl (C=O) groups excluding carboxylic acids is 1. The first kappa shape index (κ1) is 16.0. The summed E-state index contributed by atoms with van der Waals surface area (Å²) in [5.74, 6) is 1.09. The number of benzene rings is 1. The zero-order valence-electron chi connectivity index (χ0n) is 13.1. The molecule has 120 valence electrons. The fourth-order valence-corrected chi connectivity index (χ4v) is 4.00. The van der Waals surface area contributed by atoms with E-state index in [0.717, 1.165) is 55.7 Å². The molecule has 3 rings (SSSR count). The van der Waals surface area contributed by atoms with Crippen molar-refractivity contribution in [2.75, 3.05) is 19.6 Å². The molecule has 1 N–H and O–H groups in total. The highest BCUT2D eigenvalue weighted by Gasteiger charge is 2.30. The van der Waals surface area contributed by atoms with Crippen molar-refractivity contribution in [1.82, 2.24) is 10.2 Å². The summed E-state index contributed by atoms with van der Waals surface area (Å²) in [6.07, 6.45) is 6.45. The lowest BCUT2D eigenvalue weighted by Gasteiger charge is -2.27. The number of carbonyl (C=O) groups is 1. The molecule has 3 nitrogen and oxygen atoms in total. The minimum absolute atomic E-state index is 0.286. The van der Waals surface area contributed by atoms with E-state index in [1.807, 2.05) is 0 Å². The predicted octanol–water partition coefficient (Wildman–Crippen LogP) is 3.89. The third kappa shape index (κ3) is 3.90. The summed E-state index contributed by atoms with van der Waals surface area (Å²) in [6, 6.07) is 8.73. The lowest BCUT2D eigenvalue weighted by molar-refractivity contribution is -0.132. The van der Waals surface area contributed by atoms with Gasteiger partial charge in [0, 0.05) is 17.4 Å². The molecule has 0 aromatic heterocycles. The average molecular weight is 365 g/mol. The number of likely N-dealkylation sites (tertiary alicyclic amines) is 1. The summed E-state index contributed by atoms with van der Waals surface area (Å²) >= 11 is 3.48. The summed E-state index contributed by atoms with van der Waals surface area (Å²) < 4.78 is 1.10. The number of nitrogens with zero attached hydrogens (tertiary/aromatic N) is 1. The molecule has 0 spiro atoms. The minimum Gasteiger partial charge on any atom is -0.336 e. The van der Waals surface area contributed by atoms with Crippen molar-refractivity contribution < 1.29 is 4.79 Å². The number of hydrogen-bond acceptors (Lipinski definition) is 2. The SMILES string of the molecule is O=C(CCC1CCNCC1)N1CCCC1c1ccc(Br)cc1. The van der Waals surface area contributed by atoms with Gasteiger partial charge in [-0.15, -0.1) is 0 Å². The zero-order valence-corrected chi connectivity index (χ0v) is 14.6. The largest absolute Gasteiger partial charge is 0.336 e. The fraction of sp³-hybridized carbons (Fsp3) is 0.611. The Morgan fingerprint density at radius 1 is 1.18 bits per heavy atom. The Morgan fingerprint density at radius 3 is 2.64 bits per heavy atom. The highest BCUT2D eigenvalue weighted by Crippen LogP contribution is 2.33. The first-order chi connectivity index (χ1) is 10.7. The molecule has 2 fully saturated rings. The second-order valence-electron chi connectivity index (χ2n) is 6.53. The normalized spacial score (nSPS) is 23.0. The quantitative estimate of drug-likeness (QED) is 0.878. The van der Waals surface area contributed by atoms with Crippen LogP contribution in [-0.4, -0.2) is 30.4 Å². The standard InChI is InChI=1S/C18H25BrN2O/c19-16-6-4-15(5-7-16)17-2-1-13-21(17)18(22)8-3-14-9-11-20-12-10-14/h4-7,14,17,20H,1-3,8-13H2. The molecule has 1 amide bonds. The van der Waals surface area contributed by atoms with E-state index in [4.69, 9.17) is 0 Å². The molecule has 4 heteroatoms. The molecule has 2 heterocycles. The molecule has 1 aromatic carbocycles. The van der Waals surface area contributed by atoms with Crippen molar-refractivity contribution in [3.8, 4) is 0 Å². The minimum atomic E-state index is 0.286. The van der Waals surface area contributed by atoms with Gasteiger partial charge in [-0.2, -0.15) is 0 Å². The van der Waals surface area contributed by atoms with E-state index in [-0.39, 0.29) is 6.04 Å². The molecule has 22 heavy (non-hydrogen) atoms. The summed E-state index contributed by atoms with van der Waals surface area (Å²) in [4.78, 5) is 14.8. The van der Waals surface area contributed by atoms with Crippen LogP contribution in [0.25, 0.3) is 0 Å². The van der Waals surface area contributed by atoms with Crippen molar-refractivity contribution in [2.24, 2.45) is 5.92 Å². The van der Waals surface area contributed by atoms with Crippen molar-refractivity contribution in [3.63, 3.8) is 0 Å². The number of hydrogen-bond donors (Lipinski definition) is 1. The van der Waals surface area contributed by atoms with Crippen LogP contribution in [0.3, 0.4) is 0 Å². The van der Waals surface area contributed by atoms with Gasteiger partial charge in [0.1, 0.15) is 0 Å². The van der Waals surface area contributed by atoms with E-state index in [0.29, 0.717) is 5.91 Å². The predicted molar refractivity (Wildman–Crippen MR) is 92.7 cm³/mol. The van der Waals surface area contributed by atoms with Gasteiger partial charge in [-0.3, -0.25) is 4.79 Å². The number of rotatable bonds is 4. The van der Waals surface area contributed by atoms with Crippen molar-refractivity contribution >= 4 is 21.8 Å². The van der Waals surface area contributed by atoms with Gasteiger partial charge in [-0.1, -0.05) is 28.1 Å². The van der Waals surface area contributed by atoms with Crippen LogP contribution in [0.2, 0.25) is 0 Å². The van der Waals surface area contributed by atoms with Crippen molar-refractivity contribution in [2.45, 2.75) is 44.6 Å². The van der Waals surface area contributed by atoms with E-state index in [1.165, 1.54) is 18.4 Å². The molecule has 1 unspecified atom stereocenters. The maximum atomic E-state index is 12.6. The Labute approximate surface area is 141 Å². The van der Waals surface area contributed by atoms with E-state index in [9.17, 15) is 4.79 Å². The molecule has 1 atom stereocenters. The fourth-order valence-electron chi connectivity index (χ4n) is 3.74. The van der Waals surface area contributed by atoms with Gasteiger partial charge in [-0.25, -0.2) is 0 Å². The molecule has 0 saturated carbocycles. The van der Waals surface area contributed by atoms with Gasteiger partial charge in [0.15, 0.2) is 0 Å². The van der Waals surface area contributed by atoms with Crippen LogP contribution < -0.4 is 5.32 Å². The first-order valence-electron chi connectivity index (χ1n) is 8.49.